The molecule has 1 atom stereocenters. The highest BCUT2D eigenvalue weighted by Gasteiger charge is 2.25. The van der Waals surface area contributed by atoms with E-state index in [-0.39, 0.29) is 5.91 Å². The summed E-state index contributed by atoms with van der Waals surface area (Å²) in [5, 5.41) is 14.2. The van der Waals surface area contributed by atoms with Crippen LogP contribution in [0.2, 0.25) is 0 Å². The topological polar surface area (TPSA) is 66.4 Å². The standard InChI is InChI=1S/C20H23NO3/c22-19(17-11-10-15-8-4-5-9-16(15)13-17)21-18(20(23)24)12-14-6-2-1-3-7-14/h4-5,8-11,13-14,18H,1-3,6-7,12H2,(H,21,22)(H,23,24)/t18-/m1/s1. The smallest absolute Gasteiger partial charge is 0.326 e. The minimum absolute atomic E-state index is 0.316. The molecule has 0 aliphatic heterocycles. The molecule has 1 saturated carbocycles. The summed E-state index contributed by atoms with van der Waals surface area (Å²) in [4.78, 5) is 24.0. The summed E-state index contributed by atoms with van der Waals surface area (Å²) in [6, 6.07) is 12.4. The van der Waals surface area contributed by atoms with Gasteiger partial charge >= 0.3 is 5.97 Å². The SMILES string of the molecule is O=C(N[C@H](CC1CCCCC1)C(=O)O)c1ccc2ccccc2c1. The normalized spacial score (nSPS) is 16.7. The number of fused-ring (bicyclic) bond motifs is 1. The molecule has 0 bridgehead atoms. The third kappa shape index (κ3) is 3.94. The van der Waals surface area contributed by atoms with E-state index in [0.717, 1.165) is 36.5 Å². The average molecular weight is 325 g/mol. The van der Waals surface area contributed by atoms with Gasteiger partial charge in [-0.15, -0.1) is 0 Å². The monoisotopic (exact) mass is 325 g/mol. The van der Waals surface area contributed by atoms with Crippen molar-refractivity contribution < 1.29 is 14.7 Å². The number of carboxylic acid groups (broad SMARTS) is 1. The molecule has 0 unspecified atom stereocenters. The van der Waals surface area contributed by atoms with Gasteiger partial charge in [0.25, 0.3) is 5.91 Å². The Morgan fingerprint density at radius 1 is 1.04 bits per heavy atom. The van der Waals surface area contributed by atoms with Crippen molar-refractivity contribution in [1.29, 1.82) is 0 Å². The molecule has 24 heavy (non-hydrogen) atoms. The first-order chi connectivity index (χ1) is 11.6. The van der Waals surface area contributed by atoms with Gasteiger partial charge in [-0.3, -0.25) is 4.79 Å². The number of aliphatic carboxylic acids is 1. The predicted molar refractivity (Wildman–Crippen MR) is 94.0 cm³/mol. The van der Waals surface area contributed by atoms with E-state index in [1.54, 1.807) is 6.07 Å². The van der Waals surface area contributed by atoms with Gasteiger partial charge in [-0.05, 0) is 35.2 Å². The Labute approximate surface area is 141 Å². The summed E-state index contributed by atoms with van der Waals surface area (Å²) in [7, 11) is 0. The Balaban J connectivity index is 1.70. The molecule has 4 nitrogen and oxygen atoms in total. The van der Waals surface area contributed by atoms with Crippen molar-refractivity contribution in [2.75, 3.05) is 0 Å². The fraction of sp³-hybridized carbons (Fsp3) is 0.400. The first kappa shape index (κ1) is 16.5. The van der Waals surface area contributed by atoms with Crippen LogP contribution in [0.4, 0.5) is 0 Å². The summed E-state index contributed by atoms with van der Waals surface area (Å²) in [5.74, 6) is -0.865. The van der Waals surface area contributed by atoms with Crippen LogP contribution in [0.5, 0.6) is 0 Å². The second-order valence-electron chi connectivity index (χ2n) is 6.67. The number of amides is 1. The van der Waals surface area contributed by atoms with E-state index in [1.165, 1.54) is 6.42 Å². The molecule has 126 valence electrons. The van der Waals surface area contributed by atoms with Gasteiger partial charge in [0.15, 0.2) is 0 Å². The summed E-state index contributed by atoms with van der Waals surface area (Å²) < 4.78 is 0. The maximum absolute atomic E-state index is 12.5. The van der Waals surface area contributed by atoms with Gasteiger partial charge in [-0.25, -0.2) is 4.79 Å². The van der Waals surface area contributed by atoms with Crippen LogP contribution in [0.25, 0.3) is 10.8 Å². The van der Waals surface area contributed by atoms with Crippen molar-refractivity contribution in [3.63, 3.8) is 0 Å². The average Bonchev–Trinajstić information content (AvgIpc) is 2.61. The second kappa shape index (κ2) is 7.47. The van der Waals surface area contributed by atoms with E-state index in [9.17, 15) is 14.7 Å². The van der Waals surface area contributed by atoms with Crippen LogP contribution in [0.3, 0.4) is 0 Å². The number of benzene rings is 2. The van der Waals surface area contributed by atoms with Gasteiger partial charge in [0.05, 0.1) is 0 Å². The van der Waals surface area contributed by atoms with E-state index < -0.39 is 12.0 Å². The van der Waals surface area contributed by atoms with E-state index in [1.807, 2.05) is 36.4 Å². The lowest BCUT2D eigenvalue weighted by atomic mass is 9.85. The first-order valence-electron chi connectivity index (χ1n) is 8.66. The Morgan fingerprint density at radius 3 is 2.46 bits per heavy atom. The molecule has 3 rings (SSSR count). The minimum Gasteiger partial charge on any atom is -0.480 e. The second-order valence-corrected chi connectivity index (χ2v) is 6.67. The Bertz CT molecular complexity index is 734. The van der Waals surface area contributed by atoms with Crippen molar-refractivity contribution in [3.05, 3.63) is 48.0 Å². The summed E-state index contributed by atoms with van der Waals surface area (Å²) in [6.45, 7) is 0. The molecule has 1 amide bonds. The van der Waals surface area contributed by atoms with Crippen LogP contribution >= 0.6 is 0 Å². The Hall–Kier alpha value is -2.36. The molecule has 0 saturated heterocycles. The van der Waals surface area contributed by atoms with E-state index in [0.29, 0.717) is 17.9 Å². The zero-order chi connectivity index (χ0) is 16.9. The summed E-state index contributed by atoms with van der Waals surface area (Å²) in [5.41, 5.74) is 0.503. The number of hydrogen-bond donors (Lipinski definition) is 2. The van der Waals surface area contributed by atoms with Crippen molar-refractivity contribution >= 4 is 22.6 Å². The van der Waals surface area contributed by atoms with Crippen LogP contribution in [0.1, 0.15) is 48.9 Å². The van der Waals surface area contributed by atoms with Gasteiger partial charge in [-0.2, -0.15) is 0 Å². The highest BCUT2D eigenvalue weighted by molar-refractivity contribution is 6.00. The third-order valence-electron chi connectivity index (χ3n) is 4.91. The lowest BCUT2D eigenvalue weighted by Gasteiger charge is -2.25. The molecule has 1 fully saturated rings. The lowest BCUT2D eigenvalue weighted by Crippen LogP contribution is -2.42. The molecular weight excluding hydrogens is 302 g/mol. The van der Waals surface area contributed by atoms with E-state index in [2.05, 4.69) is 5.32 Å². The molecule has 0 spiro atoms. The molecular formula is C20H23NO3. The van der Waals surface area contributed by atoms with Gasteiger partial charge in [0.2, 0.25) is 0 Å². The van der Waals surface area contributed by atoms with Crippen molar-refractivity contribution in [3.8, 4) is 0 Å². The molecule has 0 heterocycles. The molecule has 2 aromatic rings. The van der Waals surface area contributed by atoms with Crippen LogP contribution in [-0.4, -0.2) is 23.0 Å². The lowest BCUT2D eigenvalue weighted by molar-refractivity contribution is -0.139. The fourth-order valence-electron chi connectivity index (χ4n) is 3.55. The number of carbonyl (C=O) groups excluding carboxylic acids is 1. The quantitative estimate of drug-likeness (QED) is 0.873. The van der Waals surface area contributed by atoms with Gasteiger partial charge in [0.1, 0.15) is 6.04 Å². The van der Waals surface area contributed by atoms with Crippen molar-refractivity contribution in [1.82, 2.24) is 5.32 Å². The molecule has 4 heteroatoms. The van der Waals surface area contributed by atoms with Crippen LogP contribution < -0.4 is 5.32 Å². The molecule has 2 aromatic carbocycles. The maximum atomic E-state index is 12.5. The largest absolute Gasteiger partial charge is 0.480 e. The van der Waals surface area contributed by atoms with Crippen LogP contribution in [0, 0.1) is 5.92 Å². The highest BCUT2D eigenvalue weighted by atomic mass is 16.4. The number of hydrogen-bond acceptors (Lipinski definition) is 2. The Morgan fingerprint density at radius 2 is 1.75 bits per heavy atom. The number of carboxylic acids is 1. The third-order valence-corrected chi connectivity index (χ3v) is 4.91. The summed E-state index contributed by atoms with van der Waals surface area (Å²) in [6.07, 6.45) is 6.21. The van der Waals surface area contributed by atoms with Crippen LogP contribution in [-0.2, 0) is 4.79 Å². The van der Waals surface area contributed by atoms with E-state index in [4.69, 9.17) is 0 Å². The number of carbonyl (C=O) groups is 2. The maximum Gasteiger partial charge on any atom is 0.326 e. The summed E-state index contributed by atoms with van der Waals surface area (Å²) >= 11 is 0. The zero-order valence-electron chi connectivity index (χ0n) is 13.7. The van der Waals surface area contributed by atoms with Crippen molar-refractivity contribution in [2.24, 2.45) is 5.92 Å². The first-order valence-corrected chi connectivity index (χ1v) is 8.66. The number of nitrogens with one attached hydrogen (secondary N) is 1. The van der Waals surface area contributed by atoms with Crippen molar-refractivity contribution in [2.45, 2.75) is 44.6 Å². The van der Waals surface area contributed by atoms with Gasteiger partial charge < -0.3 is 10.4 Å². The molecule has 2 N–H and O–H groups in total. The molecule has 1 aliphatic carbocycles. The number of rotatable bonds is 5. The van der Waals surface area contributed by atoms with Gasteiger partial charge in [0, 0.05) is 5.56 Å². The van der Waals surface area contributed by atoms with E-state index >= 15 is 0 Å². The van der Waals surface area contributed by atoms with Crippen LogP contribution in [0.15, 0.2) is 42.5 Å². The Kier molecular flexibility index (Phi) is 5.14. The zero-order valence-corrected chi connectivity index (χ0v) is 13.7. The molecule has 0 radical (unpaired) electrons. The van der Waals surface area contributed by atoms with Gasteiger partial charge in [-0.1, -0.05) is 62.4 Å². The molecule has 1 aliphatic rings. The highest BCUT2D eigenvalue weighted by Crippen LogP contribution is 2.27. The predicted octanol–water partition coefficient (Wildman–Crippen LogP) is 3.99. The fourth-order valence-corrected chi connectivity index (χ4v) is 3.55. The molecule has 0 aromatic heterocycles. The minimum atomic E-state index is -0.949.